The van der Waals surface area contributed by atoms with Gasteiger partial charge in [0.2, 0.25) is 0 Å². The van der Waals surface area contributed by atoms with Crippen LogP contribution in [0.4, 0.5) is 24.5 Å². The molecule has 10 nitrogen and oxygen atoms in total. The molecule has 4 aromatic rings. The number of anilines is 1. The van der Waals surface area contributed by atoms with Gasteiger partial charge in [-0.3, -0.25) is 14.9 Å². The number of hydrogen-bond acceptors (Lipinski definition) is 7. The minimum atomic E-state index is -4.88. The molecule has 0 aliphatic heterocycles. The number of hydrogen-bond donors (Lipinski definition) is 1. The second-order valence-corrected chi connectivity index (χ2v) is 7.59. The number of non-ortho nitro benzene ring substituents is 1. The topological polar surface area (TPSA) is 135 Å². The Morgan fingerprint density at radius 3 is 2.64 bits per heavy atom. The van der Waals surface area contributed by atoms with Crippen molar-refractivity contribution in [2.45, 2.75) is 6.18 Å². The Labute approximate surface area is 204 Å². The van der Waals surface area contributed by atoms with Crippen molar-refractivity contribution >= 4 is 34.5 Å². The molecule has 14 heteroatoms. The molecule has 0 fully saturated rings. The van der Waals surface area contributed by atoms with Crippen molar-refractivity contribution in [3.05, 3.63) is 80.6 Å². The molecule has 0 saturated carbocycles. The van der Waals surface area contributed by atoms with Gasteiger partial charge in [-0.05, 0) is 24.3 Å². The Hall–Kier alpha value is -4.70. The van der Waals surface area contributed by atoms with Gasteiger partial charge in [-0.2, -0.15) is 23.5 Å². The molecule has 1 N–H and O–H groups in total. The van der Waals surface area contributed by atoms with Gasteiger partial charge < -0.3 is 10.1 Å². The van der Waals surface area contributed by atoms with Crippen molar-refractivity contribution in [2.24, 2.45) is 0 Å². The van der Waals surface area contributed by atoms with Gasteiger partial charge >= 0.3 is 6.18 Å². The number of nitrogens with zero attached hydrogens (tertiary/aromatic N) is 5. The molecule has 182 valence electrons. The molecule has 0 aliphatic rings. The minimum absolute atomic E-state index is 0.0929. The molecular weight excluding hydrogens is 505 g/mol. The van der Waals surface area contributed by atoms with Gasteiger partial charge in [-0.15, -0.1) is 0 Å². The van der Waals surface area contributed by atoms with Crippen molar-refractivity contribution in [1.29, 1.82) is 5.26 Å². The lowest BCUT2D eigenvalue weighted by Crippen LogP contribution is -2.16. The van der Waals surface area contributed by atoms with Gasteiger partial charge in [0.15, 0.2) is 17.0 Å². The van der Waals surface area contributed by atoms with E-state index >= 15 is 0 Å². The lowest BCUT2D eigenvalue weighted by molar-refractivity contribution is -0.384. The summed E-state index contributed by atoms with van der Waals surface area (Å²) < 4.78 is 47.2. The number of amides is 1. The van der Waals surface area contributed by atoms with E-state index in [4.69, 9.17) is 16.3 Å². The number of nitrogens with one attached hydrogen (secondary N) is 1. The standard InChI is InChI=1S/C22H12ClF3N6O4/c1-36-14-4-2-3-11(8-14)16-9-17(22(24,25)26)31-20(28-16)18(23)19(30-31)21(33)29-15-6-5-13(32(34)35)7-12(15)10-27/h2-9H,1H3,(H,29,33). The molecule has 2 heterocycles. The van der Waals surface area contributed by atoms with Crippen molar-refractivity contribution < 1.29 is 27.6 Å². The first kappa shape index (κ1) is 24.4. The fourth-order valence-electron chi connectivity index (χ4n) is 3.30. The van der Waals surface area contributed by atoms with Gasteiger partial charge in [0.05, 0.1) is 29.0 Å². The molecule has 36 heavy (non-hydrogen) atoms. The Morgan fingerprint density at radius 1 is 1.25 bits per heavy atom. The van der Waals surface area contributed by atoms with E-state index in [9.17, 15) is 33.3 Å². The number of carbonyl (C=O) groups is 1. The highest BCUT2D eigenvalue weighted by atomic mass is 35.5. The number of ether oxygens (including phenoxy) is 1. The quantitative estimate of drug-likeness (QED) is 0.287. The van der Waals surface area contributed by atoms with Crippen LogP contribution in [0.15, 0.2) is 48.5 Å². The average Bonchev–Trinajstić information content (AvgIpc) is 3.19. The third-order valence-corrected chi connectivity index (χ3v) is 5.33. The van der Waals surface area contributed by atoms with Crippen LogP contribution in [0.5, 0.6) is 5.75 Å². The molecule has 1 amide bonds. The Morgan fingerprint density at radius 2 is 2.00 bits per heavy atom. The fraction of sp³-hybridized carbons (Fsp3) is 0.0909. The normalized spacial score (nSPS) is 11.2. The largest absolute Gasteiger partial charge is 0.497 e. The summed E-state index contributed by atoms with van der Waals surface area (Å²) in [6.07, 6.45) is -4.88. The van der Waals surface area contributed by atoms with Crippen LogP contribution in [-0.2, 0) is 6.18 Å². The zero-order valence-corrected chi connectivity index (χ0v) is 18.8. The van der Waals surface area contributed by atoms with Crippen molar-refractivity contribution in [1.82, 2.24) is 14.6 Å². The smallest absolute Gasteiger partial charge is 0.433 e. The third kappa shape index (κ3) is 4.49. The number of nitro benzene ring substituents is 1. The first-order chi connectivity index (χ1) is 17.0. The van der Waals surface area contributed by atoms with E-state index in [0.717, 1.165) is 24.3 Å². The van der Waals surface area contributed by atoms with Crippen molar-refractivity contribution in [3.8, 4) is 23.1 Å². The van der Waals surface area contributed by atoms with Crippen molar-refractivity contribution in [2.75, 3.05) is 12.4 Å². The number of methoxy groups -OCH3 is 1. The lowest BCUT2D eigenvalue weighted by Gasteiger charge is -2.11. The molecule has 0 unspecified atom stereocenters. The summed E-state index contributed by atoms with van der Waals surface area (Å²) in [5.74, 6) is -0.661. The van der Waals surface area contributed by atoms with Crippen molar-refractivity contribution in [3.63, 3.8) is 0 Å². The van der Waals surface area contributed by atoms with E-state index < -0.39 is 39.1 Å². The maximum absolute atomic E-state index is 13.9. The van der Waals surface area contributed by atoms with Crippen LogP contribution in [0.25, 0.3) is 16.9 Å². The summed E-state index contributed by atoms with van der Waals surface area (Å²) in [5, 5.41) is 25.7. The number of benzene rings is 2. The highest BCUT2D eigenvalue weighted by Gasteiger charge is 2.37. The van der Waals surface area contributed by atoms with Gasteiger partial charge in [-0.1, -0.05) is 23.7 Å². The molecule has 2 aromatic heterocycles. The molecule has 0 atom stereocenters. The predicted molar refractivity (Wildman–Crippen MR) is 121 cm³/mol. The van der Waals surface area contributed by atoms with E-state index in [1.165, 1.54) is 19.2 Å². The van der Waals surface area contributed by atoms with Crippen LogP contribution in [0.1, 0.15) is 21.7 Å². The molecular formula is C22H12ClF3N6O4. The second-order valence-electron chi connectivity index (χ2n) is 7.21. The monoisotopic (exact) mass is 516 g/mol. The number of nitriles is 1. The molecule has 0 radical (unpaired) electrons. The third-order valence-electron chi connectivity index (χ3n) is 4.99. The van der Waals surface area contributed by atoms with Crippen LogP contribution < -0.4 is 10.1 Å². The first-order valence-electron chi connectivity index (χ1n) is 9.84. The first-order valence-corrected chi connectivity index (χ1v) is 10.2. The van der Waals surface area contributed by atoms with Crippen LogP contribution >= 0.6 is 11.6 Å². The zero-order valence-electron chi connectivity index (χ0n) is 18.0. The molecule has 2 aromatic carbocycles. The average molecular weight is 517 g/mol. The number of rotatable bonds is 5. The zero-order chi connectivity index (χ0) is 26.2. The number of carbonyl (C=O) groups excluding carboxylic acids is 1. The number of halogens is 4. The number of fused-ring (bicyclic) bond motifs is 1. The predicted octanol–water partition coefficient (Wildman–Crippen LogP) is 5.11. The summed E-state index contributed by atoms with van der Waals surface area (Å²) in [7, 11) is 1.40. The van der Waals surface area contributed by atoms with E-state index in [0.29, 0.717) is 15.8 Å². The maximum Gasteiger partial charge on any atom is 0.433 e. The summed E-state index contributed by atoms with van der Waals surface area (Å²) in [5.41, 5.74) is -2.81. The number of aromatic nitrogens is 3. The summed E-state index contributed by atoms with van der Waals surface area (Å²) in [4.78, 5) is 27.2. The molecule has 0 aliphatic carbocycles. The van der Waals surface area contributed by atoms with Gasteiger partial charge in [-0.25, -0.2) is 9.50 Å². The molecule has 4 rings (SSSR count). The second kappa shape index (κ2) is 9.16. The maximum atomic E-state index is 13.9. The van der Waals surface area contributed by atoms with Crippen LogP contribution in [-0.4, -0.2) is 32.5 Å². The Bertz CT molecular complexity index is 1580. The van der Waals surface area contributed by atoms with E-state index in [1.807, 2.05) is 0 Å². The number of nitro groups is 1. The Kier molecular flexibility index (Phi) is 6.21. The highest BCUT2D eigenvalue weighted by molar-refractivity contribution is 6.37. The van der Waals surface area contributed by atoms with E-state index in [1.54, 1.807) is 18.2 Å². The summed E-state index contributed by atoms with van der Waals surface area (Å²) >= 11 is 6.25. The summed E-state index contributed by atoms with van der Waals surface area (Å²) in [6, 6.07) is 11.7. The fourth-order valence-corrected chi connectivity index (χ4v) is 3.54. The highest BCUT2D eigenvalue weighted by Crippen LogP contribution is 2.35. The molecule has 0 spiro atoms. The van der Waals surface area contributed by atoms with Gasteiger partial charge in [0.25, 0.3) is 11.6 Å². The molecule has 0 saturated heterocycles. The van der Waals surface area contributed by atoms with Crippen LogP contribution in [0, 0.1) is 21.4 Å². The summed E-state index contributed by atoms with van der Waals surface area (Å²) in [6.45, 7) is 0. The SMILES string of the molecule is COc1cccc(-c2cc(C(F)(F)F)n3nc(C(=O)Nc4ccc([N+](=O)[O-])cc4C#N)c(Cl)c3n2)c1. The molecule has 0 bridgehead atoms. The minimum Gasteiger partial charge on any atom is -0.497 e. The lowest BCUT2D eigenvalue weighted by atomic mass is 10.1. The van der Waals surface area contributed by atoms with E-state index in [2.05, 4.69) is 15.4 Å². The number of alkyl halides is 3. The Balaban J connectivity index is 1.82. The van der Waals surface area contributed by atoms with Gasteiger partial charge in [0, 0.05) is 17.7 Å². The van der Waals surface area contributed by atoms with Crippen LogP contribution in [0.3, 0.4) is 0 Å². The van der Waals surface area contributed by atoms with Gasteiger partial charge in [0.1, 0.15) is 16.8 Å². The van der Waals surface area contributed by atoms with E-state index in [-0.39, 0.29) is 22.6 Å². The van der Waals surface area contributed by atoms with Crippen LogP contribution in [0.2, 0.25) is 5.02 Å².